The third kappa shape index (κ3) is 2.13. The summed E-state index contributed by atoms with van der Waals surface area (Å²) < 4.78 is 0. The number of hydrogen-bond donors (Lipinski definition) is 3. The summed E-state index contributed by atoms with van der Waals surface area (Å²) in [5.74, 6) is -1.18. The Balaban J connectivity index is 2.27. The molecule has 4 N–H and O–H groups in total. The number of carboxylic acids is 1. The number of amides is 1. The third-order valence-electron chi connectivity index (χ3n) is 2.67. The van der Waals surface area contributed by atoms with Gasteiger partial charge >= 0.3 is 5.97 Å². The molecule has 98 valence electrons. The number of aliphatic carboxylic acids is 1. The third-order valence-corrected chi connectivity index (χ3v) is 4.12. The molecule has 1 aliphatic heterocycles. The molecule has 2 atom stereocenters. The number of nitrogens with two attached hydrogens (primary N) is 1. The monoisotopic (exact) mass is 271 g/mol. The van der Waals surface area contributed by atoms with Gasteiger partial charge in [-0.2, -0.15) is 4.98 Å². The summed E-state index contributed by atoms with van der Waals surface area (Å²) in [7, 11) is 0. The van der Waals surface area contributed by atoms with Gasteiger partial charge in [0, 0.05) is 5.75 Å². The molecule has 2 rings (SSSR count). The molecular formula is C9H13N5O3S. The molecule has 0 radical (unpaired) electrons. The zero-order valence-corrected chi connectivity index (χ0v) is 10.5. The van der Waals surface area contributed by atoms with Crippen LogP contribution in [0.25, 0.3) is 0 Å². The molecule has 1 aromatic rings. The Hall–Kier alpha value is -1.77. The second kappa shape index (κ2) is 4.84. The lowest BCUT2D eigenvalue weighted by molar-refractivity contribution is -0.141. The average Bonchev–Trinajstić information content (AvgIpc) is 2.93. The second-order valence-electron chi connectivity index (χ2n) is 3.80. The molecule has 2 unspecified atom stereocenters. The van der Waals surface area contributed by atoms with Crippen molar-refractivity contribution in [3.05, 3.63) is 5.82 Å². The van der Waals surface area contributed by atoms with Crippen molar-refractivity contribution in [2.24, 2.45) is 0 Å². The van der Waals surface area contributed by atoms with Crippen LogP contribution in [0.2, 0.25) is 0 Å². The number of nitrogen functional groups attached to an aromatic ring is 1. The van der Waals surface area contributed by atoms with Crippen LogP contribution in [0.5, 0.6) is 0 Å². The van der Waals surface area contributed by atoms with Crippen LogP contribution in [0.15, 0.2) is 0 Å². The first-order valence-corrected chi connectivity index (χ1v) is 6.44. The zero-order valence-electron chi connectivity index (χ0n) is 9.66. The molecular weight excluding hydrogens is 258 g/mol. The molecule has 1 saturated heterocycles. The average molecular weight is 271 g/mol. The molecule has 2 heterocycles. The number of carboxylic acid groups (broad SMARTS) is 1. The van der Waals surface area contributed by atoms with Crippen LogP contribution in [0, 0.1) is 0 Å². The van der Waals surface area contributed by atoms with E-state index in [4.69, 9.17) is 10.8 Å². The van der Waals surface area contributed by atoms with E-state index in [-0.39, 0.29) is 17.1 Å². The molecule has 1 fully saturated rings. The van der Waals surface area contributed by atoms with E-state index in [1.54, 1.807) is 0 Å². The van der Waals surface area contributed by atoms with Crippen LogP contribution in [-0.2, 0) is 4.79 Å². The van der Waals surface area contributed by atoms with Gasteiger partial charge in [0.2, 0.25) is 11.8 Å². The predicted molar refractivity (Wildman–Crippen MR) is 64.9 cm³/mol. The van der Waals surface area contributed by atoms with Crippen molar-refractivity contribution in [3.8, 4) is 0 Å². The van der Waals surface area contributed by atoms with Crippen molar-refractivity contribution >= 4 is 29.6 Å². The highest BCUT2D eigenvalue weighted by atomic mass is 32.2. The van der Waals surface area contributed by atoms with Gasteiger partial charge in [-0.3, -0.25) is 9.89 Å². The minimum absolute atomic E-state index is 0.0281. The summed E-state index contributed by atoms with van der Waals surface area (Å²) in [5.41, 5.74) is 5.33. The van der Waals surface area contributed by atoms with E-state index in [2.05, 4.69) is 15.2 Å². The molecule has 0 aliphatic carbocycles. The van der Waals surface area contributed by atoms with Gasteiger partial charge in [-0.15, -0.1) is 16.9 Å². The van der Waals surface area contributed by atoms with Gasteiger partial charge in [0.15, 0.2) is 0 Å². The van der Waals surface area contributed by atoms with E-state index in [0.717, 1.165) is 0 Å². The molecule has 0 bridgehead atoms. The summed E-state index contributed by atoms with van der Waals surface area (Å²) in [6.45, 7) is 1.90. The Kier molecular flexibility index (Phi) is 3.41. The maximum Gasteiger partial charge on any atom is 0.327 e. The topological polar surface area (TPSA) is 125 Å². The maximum absolute atomic E-state index is 12.2. The molecule has 0 spiro atoms. The smallest absolute Gasteiger partial charge is 0.327 e. The standard InChI is InChI=1S/C9H13N5O3S/c1-2-5-14(4(3-18-5)8(16)17)7(15)6-11-9(10)13-12-6/h4-5H,2-3H2,1H3,(H,16,17)(H3,10,11,12,13). The number of nitrogens with zero attached hydrogens (tertiary/aromatic N) is 3. The summed E-state index contributed by atoms with van der Waals surface area (Å²) in [4.78, 5) is 28.4. The molecule has 0 aromatic carbocycles. The number of aromatic amines is 1. The van der Waals surface area contributed by atoms with E-state index in [1.165, 1.54) is 16.7 Å². The van der Waals surface area contributed by atoms with E-state index >= 15 is 0 Å². The quantitative estimate of drug-likeness (QED) is 0.693. The largest absolute Gasteiger partial charge is 0.480 e. The summed E-state index contributed by atoms with van der Waals surface area (Å²) in [6, 6.07) is -0.834. The van der Waals surface area contributed by atoms with Crippen molar-refractivity contribution in [2.45, 2.75) is 24.8 Å². The number of nitrogens with one attached hydrogen (secondary N) is 1. The molecule has 1 aliphatic rings. The van der Waals surface area contributed by atoms with Gasteiger partial charge in [0.25, 0.3) is 5.91 Å². The fourth-order valence-electron chi connectivity index (χ4n) is 1.83. The highest BCUT2D eigenvalue weighted by Gasteiger charge is 2.42. The molecule has 1 amide bonds. The lowest BCUT2D eigenvalue weighted by Gasteiger charge is -2.25. The summed E-state index contributed by atoms with van der Waals surface area (Å²) in [5, 5.41) is 14.9. The Morgan fingerprint density at radius 3 is 2.89 bits per heavy atom. The molecule has 8 nitrogen and oxygen atoms in total. The minimum Gasteiger partial charge on any atom is -0.480 e. The molecule has 18 heavy (non-hydrogen) atoms. The highest BCUT2D eigenvalue weighted by Crippen LogP contribution is 2.32. The van der Waals surface area contributed by atoms with E-state index in [0.29, 0.717) is 12.2 Å². The number of rotatable bonds is 3. The lowest BCUT2D eigenvalue weighted by atomic mass is 10.2. The van der Waals surface area contributed by atoms with Crippen molar-refractivity contribution in [1.29, 1.82) is 0 Å². The van der Waals surface area contributed by atoms with Crippen LogP contribution >= 0.6 is 11.8 Å². The number of thioether (sulfide) groups is 1. The van der Waals surface area contributed by atoms with Crippen molar-refractivity contribution in [1.82, 2.24) is 20.1 Å². The normalized spacial score (nSPS) is 23.3. The zero-order chi connectivity index (χ0) is 13.3. The van der Waals surface area contributed by atoms with Gasteiger partial charge in [-0.05, 0) is 6.42 Å². The second-order valence-corrected chi connectivity index (χ2v) is 5.02. The molecule has 9 heteroatoms. The van der Waals surface area contributed by atoms with Gasteiger partial charge in [-0.25, -0.2) is 4.79 Å². The number of anilines is 1. The molecule has 1 aromatic heterocycles. The van der Waals surface area contributed by atoms with Gasteiger partial charge in [-0.1, -0.05) is 6.92 Å². The number of H-pyrrole nitrogens is 1. The number of hydrogen-bond acceptors (Lipinski definition) is 6. The fraction of sp³-hybridized carbons (Fsp3) is 0.556. The van der Waals surface area contributed by atoms with E-state index in [9.17, 15) is 9.59 Å². The van der Waals surface area contributed by atoms with Crippen molar-refractivity contribution < 1.29 is 14.7 Å². The first-order valence-electron chi connectivity index (χ1n) is 5.39. The fourth-order valence-corrected chi connectivity index (χ4v) is 3.18. The maximum atomic E-state index is 12.2. The van der Waals surface area contributed by atoms with Crippen LogP contribution in [0.3, 0.4) is 0 Å². The SMILES string of the molecule is CCC1SCC(C(=O)O)N1C(=O)c1nc(N)n[nH]1. The van der Waals surface area contributed by atoms with Crippen LogP contribution < -0.4 is 5.73 Å². The minimum atomic E-state index is -1.01. The summed E-state index contributed by atoms with van der Waals surface area (Å²) in [6.07, 6.45) is 0.670. The summed E-state index contributed by atoms with van der Waals surface area (Å²) >= 11 is 1.45. The van der Waals surface area contributed by atoms with Gasteiger partial charge in [0.05, 0.1) is 5.37 Å². The Morgan fingerprint density at radius 2 is 2.39 bits per heavy atom. The van der Waals surface area contributed by atoms with E-state index in [1.807, 2.05) is 6.92 Å². The number of aromatic nitrogens is 3. The van der Waals surface area contributed by atoms with Crippen molar-refractivity contribution in [2.75, 3.05) is 11.5 Å². The van der Waals surface area contributed by atoms with Gasteiger partial charge < -0.3 is 15.7 Å². The van der Waals surface area contributed by atoms with Crippen LogP contribution in [0.1, 0.15) is 24.0 Å². The Bertz CT molecular complexity index is 477. The van der Waals surface area contributed by atoms with Gasteiger partial charge in [0.1, 0.15) is 6.04 Å². The van der Waals surface area contributed by atoms with E-state index < -0.39 is 17.9 Å². The first-order chi connectivity index (χ1) is 8.54. The number of carbonyl (C=O) groups excluding carboxylic acids is 1. The Labute approximate surface area is 107 Å². The lowest BCUT2D eigenvalue weighted by Crippen LogP contribution is -2.45. The van der Waals surface area contributed by atoms with Crippen LogP contribution in [-0.4, -0.2) is 54.2 Å². The predicted octanol–water partition coefficient (Wildman–Crippen LogP) is -0.235. The first kappa shape index (κ1) is 12.7. The Morgan fingerprint density at radius 1 is 1.67 bits per heavy atom. The van der Waals surface area contributed by atoms with Crippen molar-refractivity contribution in [3.63, 3.8) is 0 Å². The number of carbonyl (C=O) groups is 2. The van der Waals surface area contributed by atoms with Crippen LogP contribution in [0.4, 0.5) is 5.95 Å². The molecule has 0 saturated carbocycles. The highest BCUT2D eigenvalue weighted by molar-refractivity contribution is 8.00.